The molecule has 1 aliphatic carbocycles. The number of nitrogens with zero attached hydrogens (tertiary/aromatic N) is 4. The summed E-state index contributed by atoms with van der Waals surface area (Å²) in [4.78, 5) is 9.49. The maximum Gasteiger partial charge on any atom is 0.191 e. The van der Waals surface area contributed by atoms with E-state index >= 15 is 0 Å². The fourth-order valence-electron chi connectivity index (χ4n) is 4.39. The number of ether oxygens (including phenoxy) is 2. The average molecular weight is 441 g/mol. The van der Waals surface area contributed by atoms with Crippen LogP contribution in [-0.2, 0) is 25.9 Å². The fraction of sp³-hybridized carbons (Fsp3) is 0.625. The van der Waals surface area contributed by atoms with Crippen molar-refractivity contribution in [2.75, 3.05) is 13.7 Å². The van der Waals surface area contributed by atoms with Gasteiger partial charge in [0.05, 0.1) is 26.3 Å². The van der Waals surface area contributed by atoms with Crippen LogP contribution in [-0.4, -0.2) is 46.5 Å². The van der Waals surface area contributed by atoms with Gasteiger partial charge in [0, 0.05) is 37.1 Å². The van der Waals surface area contributed by atoms with E-state index in [1.54, 1.807) is 7.11 Å². The van der Waals surface area contributed by atoms with Crippen molar-refractivity contribution < 1.29 is 9.47 Å². The number of rotatable bonds is 8. The second-order valence-corrected chi connectivity index (χ2v) is 8.55. The first-order valence-electron chi connectivity index (χ1n) is 12.0. The van der Waals surface area contributed by atoms with Gasteiger partial charge in [0.1, 0.15) is 17.3 Å². The van der Waals surface area contributed by atoms with E-state index < -0.39 is 0 Å². The largest absolute Gasteiger partial charge is 0.497 e. The Morgan fingerprint density at radius 3 is 2.81 bits per heavy atom. The number of guanidine groups is 1. The molecule has 0 spiro atoms. The van der Waals surface area contributed by atoms with Gasteiger partial charge in [-0.05, 0) is 51.2 Å². The van der Waals surface area contributed by atoms with Crippen LogP contribution in [0.15, 0.2) is 23.2 Å². The molecule has 2 heterocycles. The molecule has 2 aromatic rings. The predicted octanol–water partition coefficient (Wildman–Crippen LogP) is 3.24. The molecule has 1 aromatic carbocycles. The van der Waals surface area contributed by atoms with E-state index in [4.69, 9.17) is 14.5 Å². The number of hydrogen-bond acceptors (Lipinski definition) is 5. The van der Waals surface area contributed by atoms with Gasteiger partial charge in [-0.15, -0.1) is 0 Å². The maximum absolute atomic E-state index is 6.33. The molecule has 8 nitrogen and oxygen atoms in total. The number of aliphatic imine (C=N–C) groups is 1. The third-order valence-corrected chi connectivity index (χ3v) is 6.18. The zero-order valence-electron chi connectivity index (χ0n) is 19.6. The molecule has 2 aliphatic rings. The molecule has 4 rings (SSSR count). The highest BCUT2D eigenvalue weighted by Gasteiger charge is 2.22. The van der Waals surface area contributed by atoms with Gasteiger partial charge in [-0.1, -0.05) is 6.92 Å². The first kappa shape index (κ1) is 22.4. The van der Waals surface area contributed by atoms with Crippen LogP contribution in [0.1, 0.15) is 63.2 Å². The number of hydrogen-bond donors (Lipinski definition) is 2. The summed E-state index contributed by atoms with van der Waals surface area (Å²) >= 11 is 0. The van der Waals surface area contributed by atoms with Crippen LogP contribution >= 0.6 is 0 Å². The SMILES string of the molecule is CCNC(=NCc1ccc(OC)cc1OC1CCCC1)NC1CCc2nc(CC)nn2C1. The molecule has 2 N–H and O–H groups in total. The van der Waals surface area contributed by atoms with Gasteiger partial charge >= 0.3 is 0 Å². The topological polar surface area (TPSA) is 85.6 Å². The molecule has 32 heavy (non-hydrogen) atoms. The van der Waals surface area contributed by atoms with E-state index in [0.717, 1.165) is 79.9 Å². The van der Waals surface area contributed by atoms with E-state index in [0.29, 0.717) is 12.6 Å². The second kappa shape index (κ2) is 10.7. The Hall–Kier alpha value is -2.77. The molecule has 1 aliphatic heterocycles. The Balaban J connectivity index is 1.44. The van der Waals surface area contributed by atoms with Crippen molar-refractivity contribution >= 4 is 5.96 Å². The lowest BCUT2D eigenvalue weighted by molar-refractivity contribution is 0.207. The van der Waals surface area contributed by atoms with Gasteiger partial charge in [0.2, 0.25) is 0 Å². The zero-order valence-corrected chi connectivity index (χ0v) is 19.6. The van der Waals surface area contributed by atoms with Crippen molar-refractivity contribution in [3.05, 3.63) is 35.4 Å². The molecule has 0 bridgehead atoms. The molecular weight excluding hydrogens is 404 g/mol. The summed E-state index contributed by atoms with van der Waals surface area (Å²) in [6, 6.07) is 6.30. The summed E-state index contributed by atoms with van der Waals surface area (Å²) < 4.78 is 13.8. The van der Waals surface area contributed by atoms with Crippen molar-refractivity contribution in [1.29, 1.82) is 0 Å². The molecule has 1 fully saturated rings. The summed E-state index contributed by atoms with van der Waals surface area (Å²) in [5.41, 5.74) is 1.07. The summed E-state index contributed by atoms with van der Waals surface area (Å²) in [6.07, 6.45) is 7.84. The lowest BCUT2D eigenvalue weighted by Gasteiger charge is -2.25. The summed E-state index contributed by atoms with van der Waals surface area (Å²) in [7, 11) is 1.69. The second-order valence-electron chi connectivity index (χ2n) is 8.55. The van der Waals surface area contributed by atoms with Crippen molar-refractivity contribution in [2.24, 2.45) is 4.99 Å². The van der Waals surface area contributed by atoms with Crippen LogP contribution in [0.3, 0.4) is 0 Å². The van der Waals surface area contributed by atoms with E-state index in [1.165, 1.54) is 12.8 Å². The molecule has 0 radical (unpaired) electrons. The molecule has 0 saturated heterocycles. The van der Waals surface area contributed by atoms with Crippen LogP contribution in [0.4, 0.5) is 0 Å². The van der Waals surface area contributed by atoms with Gasteiger partial charge in [-0.3, -0.25) is 0 Å². The average Bonchev–Trinajstić information content (AvgIpc) is 3.47. The molecule has 1 aromatic heterocycles. The first-order valence-corrected chi connectivity index (χ1v) is 12.0. The standard InChI is InChI=1S/C24H36N6O2/c1-4-22-28-23-13-11-18(16-30(23)29-22)27-24(25-5-2)26-15-17-10-12-20(31-3)14-21(17)32-19-8-6-7-9-19/h10,12,14,18-19H,4-9,11,13,15-16H2,1-3H3,(H2,25,26,27). The van der Waals surface area contributed by atoms with Crippen LogP contribution < -0.4 is 20.1 Å². The minimum absolute atomic E-state index is 0.275. The monoisotopic (exact) mass is 440 g/mol. The minimum Gasteiger partial charge on any atom is -0.497 e. The van der Waals surface area contributed by atoms with Gasteiger partial charge in [-0.25, -0.2) is 14.7 Å². The Morgan fingerprint density at radius 1 is 1.22 bits per heavy atom. The molecule has 1 unspecified atom stereocenters. The summed E-state index contributed by atoms with van der Waals surface area (Å²) in [5.74, 6) is 4.53. The minimum atomic E-state index is 0.275. The maximum atomic E-state index is 6.33. The molecule has 174 valence electrons. The molecular formula is C24H36N6O2. The third kappa shape index (κ3) is 5.53. The summed E-state index contributed by atoms with van der Waals surface area (Å²) in [5, 5.41) is 11.6. The highest BCUT2D eigenvalue weighted by molar-refractivity contribution is 5.80. The Bertz CT molecular complexity index is 919. The molecule has 8 heteroatoms. The zero-order chi connectivity index (χ0) is 22.3. The Labute approximate surface area is 190 Å². The molecule has 1 atom stereocenters. The van der Waals surface area contributed by atoms with Gasteiger partial charge in [0.25, 0.3) is 0 Å². The smallest absolute Gasteiger partial charge is 0.191 e. The number of aryl methyl sites for hydroxylation is 2. The lowest BCUT2D eigenvalue weighted by atomic mass is 10.1. The highest BCUT2D eigenvalue weighted by Crippen LogP contribution is 2.30. The quantitative estimate of drug-likeness (QED) is 0.484. The van der Waals surface area contributed by atoms with Crippen molar-refractivity contribution in [3.63, 3.8) is 0 Å². The third-order valence-electron chi connectivity index (χ3n) is 6.18. The fourth-order valence-corrected chi connectivity index (χ4v) is 4.39. The van der Waals surface area contributed by atoms with Gasteiger partial charge < -0.3 is 20.1 Å². The highest BCUT2D eigenvalue weighted by atomic mass is 16.5. The lowest BCUT2D eigenvalue weighted by Crippen LogP contribution is -2.47. The van der Waals surface area contributed by atoms with Crippen LogP contribution in [0.25, 0.3) is 0 Å². The summed E-state index contributed by atoms with van der Waals surface area (Å²) in [6.45, 7) is 6.34. The van der Waals surface area contributed by atoms with E-state index in [1.807, 2.05) is 16.8 Å². The van der Waals surface area contributed by atoms with Gasteiger partial charge in [-0.2, -0.15) is 5.10 Å². The molecule has 1 saturated carbocycles. The van der Waals surface area contributed by atoms with E-state index in [-0.39, 0.29) is 6.04 Å². The number of benzene rings is 1. The number of fused-ring (bicyclic) bond motifs is 1. The Morgan fingerprint density at radius 2 is 2.06 bits per heavy atom. The van der Waals surface area contributed by atoms with Crippen LogP contribution in [0.5, 0.6) is 11.5 Å². The normalized spacial score (nSPS) is 19.0. The predicted molar refractivity (Wildman–Crippen MR) is 125 cm³/mol. The number of nitrogens with one attached hydrogen (secondary N) is 2. The van der Waals surface area contributed by atoms with Crippen LogP contribution in [0.2, 0.25) is 0 Å². The van der Waals surface area contributed by atoms with Crippen molar-refractivity contribution in [2.45, 2.75) is 84.0 Å². The number of aromatic nitrogens is 3. The van der Waals surface area contributed by atoms with Crippen molar-refractivity contribution in [3.8, 4) is 11.5 Å². The van der Waals surface area contributed by atoms with Gasteiger partial charge in [0.15, 0.2) is 11.8 Å². The number of methoxy groups -OCH3 is 1. The van der Waals surface area contributed by atoms with Crippen molar-refractivity contribution in [1.82, 2.24) is 25.4 Å². The van der Waals surface area contributed by atoms with E-state index in [9.17, 15) is 0 Å². The first-order chi connectivity index (χ1) is 15.7. The van der Waals surface area contributed by atoms with E-state index in [2.05, 4.69) is 40.6 Å². The Kier molecular flexibility index (Phi) is 7.50. The van der Waals surface area contributed by atoms with Crippen LogP contribution in [0, 0.1) is 0 Å². The molecule has 0 amide bonds.